The van der Waals surface area contributed by atoms with Crippen molar-refractivity contribution >= 4 is 22.4 Å². The van der Waals surface area contributed by atoms with E-state index in [-0.39, 0.29) is 0 Å². The topological polar surface area (TPSA) is 53.5 Å². The van der Waals surface area contributed by atoms with Crippen LogP contribution in [0, 0.1) is 0 Å². The Morgan fingerprint density at radius 2 is 1.80 bits per heavy atom. The van der Waals surface area contributed by atoms with Crippen molar-refractivity contribution in [3.63, 3.8) is 0 Å². The summed E-state index contributed by atoms with van der Waals surface area (Å²) in [6, 6.07) is 7.61. The number of aromatic nitrogens is 2. The standard InChI is InChI=1S/C14H17ClN2O3/c1-18-7-4-8-19-9-10-20-14-12-6-3-2-5-11(12)13(15)16-17-14/h2-3,5-6H,4,7-10H2,1H3. The lowest BCUT2D eigenvalue weighted by molar-refractivity contribution is 0.0797. The van der Waals surface area contributed by atoms with Crippen molar-refractivity contribution in [3.8, 4) is 5.88 Å². The third-order valence-electron chi connectivity index (χ3n) is 2.71. The summed E-state index contributed by atoms with van der Waals surface area (Å²) in [4.78, 5) is 0. The minimum atomic E-state index is 0.378. The van der Waals surface area contributed by atoms with E-state index in [0.717, 1.165) is 17.2 Å². The van der Waals surface area contributed by atoms with Gasteiger partial charge in [0.1, 0.15) is 6.61 Å². The number of benzene rings is 1. The van der Waals surface area contributed by atoms with Gasteiger partial charge >= 0.3 is 0 Å². The quantitative estimate of drug-likeness (QED) is 0.701. The number of hydrogen-bond donors (Lipinski definition) is 0. The van der Waals surface area contributed by atoms with E-state index in [1.54, 1.807) is 7.11 Å². The molecular weight excluding hydrogens is 280 g/mol. The summed E-state index contributed by atoms with van der Waals surface area (Å²) in [5, 5.41) is 9.92. The van der Waals surface area contributed by atoms with Crippen LogP contribution in [0.15, 0.2) is 24.3 Å². The Morgan fingerprint density at radius 3 is 2.60 bits per heavy atom. The molecule has 2 aromatic rings. The van der Waals surface area contributed by atoms with Crippen molar-refractivity contribution in [2.24, 2.45) is 0 Å². The Bertz CT molecular complexity index is 551. The summed E-state index contributed by atoms with van der Waals surface area (Å²) >= 11 is 6.00. The van der Waals surface area contributed by atoms with Crippen LogP contribution in [0.1, 0.15) is 6.42 Å². The lowest BCUT2D eigenvalue weighted by atomic mass is 10.2. The van der Waals surface area contributed by atoms with Crippen molar-refractivity contribution < 1.29 is 14.2 Å². The molecule has 0 radical (unpaired) electrons. The van der Waals surface area contributed by atoms with E-state index in [2.05, 4.69) is 10.2 Å². The molecule has 0 saturated heterocycles. The molecule has 1 aromatic heterocycles. The summed E-state index contributed by atoms with van der Waals surface area (Å²) in [6.07, 6.45) is 0.875. The number of ether oxygens (including phenoxy) is 3. The normalized spacial score (nSPS) is 10.9. The first-order chi connectivity index (χ1) is 9.83. The molecule has 2 rings (SSSR count). The molecule has 0 atom stereocenters. The summed E-state index contributed by atoms with van der Waals surface area (Å²) in [7, 11) is 1.67. The van der Waals surface area contributed by atoms with Crippen molar-refractivity contribution in [2.45, 2.75) is 6.42 Å². The zero-order valence-corrected chi connectivity index (χ0v) is 12.1. The Kier molecular flexibility index (Phi) is 5.98. The van der Waals surface area contributed by atoms with E-state index in [0.29, 0.717) is 37.5 Å². The second-order valence-electron chi connectivity index (χ2n) is 4.15. The third kappa shape index (κ3) is 4.03. The molecule has 0 fully saturated rings. The number of rotatable bonds is 8. The van der Waals surface area contributed by atoms with E-state index < -0.39 is 0 Å². The second kappa shape index (κ2) is 7.99. The first kappa shape index (κ1) is 15.0. The third-order valence-corrected chi connectivity index (χ3v) is 2.99. The predicted octanol–water partition coefficient (Wildman–Crippen LogP) is 2.72. The highest BCUT2D eigenvalue weighted by Crippen LogP contribution is 2.26. The maximum atomic E-state index is 6.00. The highest BCUT2D eigenvalue weighted by Gasteiger charge is 2.07. The maximum absolute atomic E-state index is 6.00. The molecule has 1 heterocycles. The van der Waals surface area contributed by atoms with Gasteiger partial charge in [-0.2, -0.15) is 0 Å². The van der Waals surface area contributed by atoms with Crippen LogP contribution in [0.2, 0.25) is 5.15 Å². The van der Waals surface area contributed by atoms with Gasteiger partial charge in [0.25, 0.3) is 0 Å². The lowest BCUT2D eigenvalue weighted by Crippen LogP contribution is -2.09. The first-order valence-corrected chi connectivity index (χ1v) is 6.81. The van der Waals surface area contributed by atoms with Gasteiger partial charge in [-0.1, -0.05) is 29.8 Å². The first-order valence-electron chi connectivity index (χ1n) is 6.43. The minimum Gasteiger partial charge on any atom is -0.474 e. The molecular formula is C14H17ClN2O3. The van der Waals surface area contributed by atoms with Gasteiger partial charge < -0.3 is 14.2 Å². The zero-order valence-electron chi connectivity index (χ0n) is 11.3. The van der Waals surface area contributed by atoms with Gasteiger partial charge in [-0.15, -0.1) is 10.2 Å². The molecule has 0 N–H and O–H groups in total. The van der Waals surface area contributed by atoms with E-state index in [4.69, 9.17) is 25.8 Å². The smallest absolute Gasteiger partial charge is 0.241 e. The summed E-state index contributed by atoms with van der Waals surface area (Å²) in [5.41, 5.74) is 0. The predicted molar refractivity (Wildman–Crippen MR) is 77.4 cm³/mol. The largest absolute Gasteiger partial charge is 0.474 e. The van der Waals surface area contributed by atoms with Gasteiger partial charge in [0.2, 0.25) is 5.88 Å². The van der Waals surface area contributed by atoms with Crippen LogP contribution in [0.25, 0.3) is 10.8 Å². The monoisotopic (exact) mass is 296 g/mol. The van der Waals surface area contributed by atoms with Gasteiger partial charge in [-0.05, 0) is 12.5 Å². The molecule has 108 valence electrons. The van der Waals surface area contributed by atoms with Crippen LogP contribution in [-0.4, -0.2) is 43.7 Å². The Hall–Kier alpha value is -1.43. The van der Waals surface area contributed by atoms with Crippen LogP contribution >= 0.6 is 11.6 Å². The zero-order chi connectivity index (χ0) is 14.2. The molecule has 0 saturated carbocycles. The van der Waals surface area contributed by atoms with Crippen molar-refractivity contribution in [2.75, 3.05) is 33.5 Å². The Labute approximate surface area is 122 Å². The number of fused-ring (bicyclic) bond motifs is 1. The molecule has 0 spiro atoms. The SMILES string of the molecule is COCCCOCCOc1nnc(Cl)c2ccccc12. The summed E-state index contributed by atoms with van der Waals surface area (Å²) in [6.45, 7) is 2.29. The van der Waals surface area contributed by atoms with Gasteiger partial charge in [-0.25, -0.2) is 0 Å². The molecule has 0 amide bonds. The van der Waals surface area contributed by atoms with Crippen LogP contribution in [-0.2, 0) is 9.47 Å². The Balaban J connectivity index is 1.86. The average Bonchev–Trinajstić information content (AvgIpc) is 2.49. The molecule has 6 heteroatoms. The van der Waals surface area contributed by atoms with Crippen LogP contribution < -0.4 is 4.74 Å². The van der Waals surface area contributed by atoms with Gasteiger partial charge in [0, 0.05) is 31.1 Å². The maximum Gasteiger partial charge on any atom is 0.241 e. The molecule has 0 aliphatic heterocycles. The van der Waals surface area contributed by atoms with E-state index in [1.165, 1.54) is 0 Å². The Morgan fingerprint density at radius 1 is 1.00 bits per heavy atom. The molecule has 0 bridgehead atoms. The summed E-state index contributed by atoms with van der Waals surface area (Å²) < 4.78 is 15.9. The molecule has 0 aliphatic rings. The van der Waals surface area contributed by atoms with Crippen LogP contribution in [0.4, 0.5) is 0 Å². The molecule has 5 nitrogen and oxygen atoms in total. The van der Waals surface area contributed by atoms with Crippen LogP contribution in [0.5, 0.6) is 5.88 Å². The molecule has 0 unspecified atom stereocenters. The number of halogens is 1. The highest BCUT2D eigenvalue weighted by molar-refractivity contribution is 6.34. The fourth-order valence-electron chi connectivity index (χ4n) is 1.76. The van der Waals surface area contributed by atoms with E-state index >= 15 is 0 Å². The minimum absolute atomic E-state index is 0.378. The van der Waals surface area contributed by atoms with E-state index in [1.807, 2.05) is 24.3 Å². The highest BCUT2D eigenvalue weighted by atomic mass is 35.5. The van der Waals surface area contributed by atoms with Crippen molar-refractivity contribution in [1.29, 1.82) is 0 Å². The lowest BCUT2D eigenvalue weighted by Gasteiger charge is -2.08. The molecule has 20 heavy (non-hydrogen) atoms. The average molecular weight is 297 g/mol. The molecule has 1 aromatic carbocycles. The van der Waals surface area contributed by atoms with Crippen LogP contribution in [0.3, 0.4) is 0 Å². The fraction of sp³-hybridized carbons (Fsp3) is 0.429. The fourth-order valence-corrected chi connectivity index (χ4v) is 1.96. The van der Waals surface area contributed by atoms with Crippen molar-refractivity contribution in [1.82, 2.24) is 10.2 Å². The number of nitrogens with zero attached hydrogens (tertiary/aromatic N) is 2. The second-order valence-corrected chi connectivity index (χ2v) is 4.51. The van der Waals surface area contributed by atoms with Gasteiger partial charge in [0.15, 0.2) is 5.15 Å². The number of hydrogen-bond acceptors (Lipinski definition) is 5. The molecule has 0 aliphatic carbocycles. The van der Waals surface area contributed by atoms with E-state index in [9.17, 15) is 0 Å². The van der Waals surface area contributed by atoms with Gasteiger partial charge in [-0.3, -0.25) is 0 Å². The number of methoxy groups -OCH3 is 1. The van der Waals surface area contributed by atoms with Gasteiger partial charge in [0.05, 0.1) is 6.61 Å². The van der Waals surface area contributed by atoms with Crippen molar-refractivity contribution in [3.05, 3.63) is 29.4 Å². The summed E-state index contributed by atoms with van der Waals surface area (Å²) in [5.74, 6) is 0.477.